The fourth-order valence-corrected chi connectivity index (χ4v) is 2.23. The number of carbonyl (C=O) groups excluding carboxylic acids is 2. The van der Waals surface area contributed by atoms with Crippen LogP contribution in [0, 0.1) is 0 Å². The number of anilines is 4. The van der Waals surface area contributed by atoms with Gasteiger partial charge in [0.25, 0.3) is 5.91 Å². The Morgan fingerprint density at radius 2 is 1.35 bits per heavy atom. The van der Waals surface area contributed by atoms with Crippen LogP contribution < -0.4 is 16.0 Å². The maximum absolute atomic E-state index is 12.1. The molecule has 1 heterocycles. The predicted molar refractivity (Wildman–Crippen MR) is 100 cm³/mol. The first-order chi connectivity index (χ1) is 12.6. The second-order valence-corrected chi connectivity index (χ2v) is 5.51. The van der Waals surface area contributed by atoms with Crippen molar-refractivity contribution in [3.05, 3.63) is 72.3 Å². The number of rotatable bonds is 5. The average molecular weight is 347 g/mol. The molecule has 130 valence electrons. The molecule has 0 bridgehead atoms. The molecule has 0 aliphatic carbocycles. The van der Waals surface area contributed by atoms with Gasteiger partial charge in [0, 0.05) is 23.9 Å². The average Bonchev–Trinajstić information content (AvgIpc) is 2.65. The molecule has 0 aliphatic rings. The molecule has 0 saturated heterocycles. The summed E-state index contributed by atoms with van der Waals surface area (Å²) in [6, 6.07) is 19.5. The van der Waals surface area contributed by atoms with E-state index in [0.717, 1.165) is 5.69 Å². The lowest BCUT2D eigenvalue weighted by Crippen LogP contribution is -2.13. The van der Waals surface area contributed by atoms with Crippen molar-refractivity contribution in [2.45, 2.75) is 6.92 Å². The summed E-state index contributed by atoms with van der Waals surface area (Å²) < 4.78 is 0. The molecule has 0 fully saturated rings. The van der Waals surface area contributed by atoms with Crippen LogP contribution in [0.3, 0.4) is 0 Å². The highest BCUT2D eigenvalue weighted by Gasteiger charge is 2.06. The van der Waals surface area contributed by atoms with Crippen LogP contribution in [0.15, 0.2) is 66.7 Å². The molecular weight excluding hydrogens is 330 g/mol. The van der Waals surface area contributed by atoms with Gasteiger partial charge in [-0.3, -0.25) is 9.59 Å². The largest absolute Gasteiger partial charge is 0.339 e. The molecular formula is C19H17N5O2. The molecule has 0 unspecified atom stereocenters. The fourth-order valence-electron chi connectivity index (χ4n) is 2.23. The van der Waals surface area contributed by atoms with Gasteiger partial charge in [0.1, 0.15) is 0 Å². The maximum Gasteiger partial charge on any atom is 0.256 e. The van der Waals surface area contributed by atoms with Gasteiger partial charge in [0.15, 0.2) is 11.6 Å². The van der Waals surface area contributed by atoms with Crippen molar-refractivity contribution in [3.63, 3.8) is 0 Å². The van der Waals surface area contributed by atoms with E-state index in [2.05, 4.69) is 26.1 Å². The van der Waals surface area contributed by atoms with E-state index < -0.39 is 0 Å². The van der Waals surface area contributed by atoms with E-state index in [1.54, 1.807) is 48.5 Å². The van der Waals surface area contributed by atoms with E-state index in [4.69, 9.17) is 0 Å². The first-order valence-electron chi connectivity index (χ1n) is 7.95. The molecule has 3 aromatic rings. The number of hydrogen-bond donors (Lipinski definition) is 3. The molecule has 26 heavy (non-hydrogen) atoms. The van der Waals surface area contributed by atoms with Crippen LogP contribution in [0.25, 0.3) is 0 Å². The second-order valence-electron chi connectivity index (χ2n) is 5.51. The quantitative estimate of drug-likeness (QED) is 0.657. The van der Waals surface area contributed by atoms with Crippen LogP contribution in [0.2, 0.25) is 0 Å². The summed E-state index contributed by atoms with van der Waals surface area (Å²) in [5, 5.41) is 16.5. The molecule has 0 atom stereocenters. The lowest BCUT2D eigenvalue weighted by Gasteiger charge is -2.08. The van der Waals surface area contributed by atoms with Crippen LogP contribution in [0.4, 0.5) is 23.0 Å². The number of benzene rings is 2. The van der Waals surface area contributed by atoms with Crippen LogP contribution in [0.5, 0.6) is 0 Å². The minimum Gasteiger partial charge on any atom is -0.339 e. The smallest absolute Gasteiger partial charge is 0.256 e. The Bertz CT molecular complexity index is 893. The van der Waals surface area contributed by atoms with Gasteiger partial charge in [-0.2, -0.15) is 0 Å². The van der Waals surface area contributed by atoms with E-state index in [1.165, 1.54) is 6.92 Å². The predicted octanol–water partition coefficient (Wildman–Crippen LogP) is 3.43. The number of nitrogens with one attached hydrogen (secondary N) is 3. The summed E-state index contributed by atoms with van der Waals surface area (Å²) in [6.07, 6.45) is 0. The first kappa shape index (κ1) is 17.1. The maximum atomic E-state index is 12.1. The number of hydrogen-bond acceptors (Lipinski definition) is 5. The molecule has 1 aromatic heterocycles. The molecule has 2 aromatic carbocycles. The summed E-state index contributed by atoms with van der Waals surface area (Å²) in [6.45, 7) is 1.46. The van der Waals surface area contributed by atoms with Gasteiger partial charge in [0.2, 0.25) is 5.91 Å². The zero-order valence-electron chi connectivity index (χ0n) is 14.1. The minimum atomic E-state index is -0.242. The molecule has 7 nitrogen and oxygen atoms in total. The summed E-state index contributed by atoms with van der Waals surface area (Å²) >= 11 is 0. The van der Waals surface area contributed by atoms with Crippen molar-refractivity contribution in [2.75, 3.05) is 16.0 Å². The Kier molecular flexibility index (Phi) is 5.19. The third kappa shape index (κ3) is 4.64. The van der Waals surface area contributed by atoms with Crippen molar-refractivity contribution >= 4 is 34.8 Å². The molecule has 0 aliphatic heterocycles. The topological polar surface area (TPSA) is 96.0 Å². The van der Waals surface area contributed by atoms with Gasteiger partial charge in [-0.1, -0.05) is 18.2 Å². The highest BCUT2D eigenvalue weighted by Crippen LogP contribution is 2.18. The van der Waals surface area contributed by atoms with Gasteiger partial charge in [-0.25, -0.2) is 0 Å². The molecule has 0 saturated carbocycles. The minimum absolute atomic E-state index is 0.121. The fraction of sp³-hybridized carbons (Fsp3) is 0.0526. The van der Waals surface area contributed by atoms with Crippen LogP contribution in [-0.4, -0.2) is 22.0 Å². The van der Waals surface area contributed by atoms with Gasteiger partial charge in [0.05, 0.1) is 0 Å². The molecule has 0 radical (unpaired) electrons. The van der Waals surface area contributed by atoms with Gasteiger partial charge in [-0.15, -0.1) is 10.2 Å². The van der Waals surface area contributed by atoms with Crippen LogP contribution >= 0.6 is 0 Å². The third-order valence-corrected chi connectivity index (χ3v) is 3.42. The zero-order chi connectivity index (χ0) is 18.4. The standard InChI is InChI=1S/C19H17N5O2/c1-13(25)20-15-7-9-16(10-8-15)21-17-11-12-18(24-23-17)22-19(26)14-5-3-2-4-6-14/h2-12H,1H3,(H,20,25)(H,21,23)(H,22,24,26). The highest BCUT2D eigenvalue weighted by atomic mass is 16.2. The summed E-state index contributed by atoms with van der Waals surface area (Å²) in [5.41, 5.74) is 2.07. The third-order valence-electron chi connectivity index (χ3n) is 3.42. The van der Waals surface area contributed by atoms with Crippen molar-refractivity contribution < 1.29 is 9.59 Å². The van der Waals surface area contributed by atoms with E-state index in [-0.39, 0.29) is 11.8 Å². The zero-order valence-corrected chi connectivity index (χ0v) is 14.1. The Morgan fingerprint density at radius 3 is 1.96 bits per heavy atom. The van der Waals surface area contributed by atoms with E-state index in [1.807, 2.05) is 18.2 Å². The molecule has 2 amide bonds. The molecule has 0 spiro atoms. The van der Waals surface area contributed by atoms with Gasteiger partial charge in [-0.05, 0) is 48.5 Å². The normalized spacial score (nSPS) is 10.0. The van der Waals surface area contributed by atoms with Crippen molar-refractivity contribution in [1.82, 2.24) is 10.2 Å². The Labute approximate surface area is 150 Å². The monoisotopic (exact) mass is 347 g/mol. The van der Waals surface area contributed by atoms with Crippen molar-refractivity contribution in [1.29, 1.82) is 0 Å². The van der Waals surface area contributed by atoms with E-state index in [9.17, 15) is 9.59 Å². The van der Waals surface area contributed by atoms with E-state index in [0.29, 0.717) is 22.9 Å². The Morgan fingerprint density at radius 1 is 0.731 bits per heavy atom. The van der Waals surface area contributed by atoms with Crippen LogP contribution in [0.1, 0.15) is 17.3 Å². The lowest BCUT2D eigenvalue weighted by molar-refractivity contribution is -0.114. The van der Waals surface area contributed by atoms with Crippen molar-refractivity contribution in [2.24, 2.45) is 0 Å². The van der Waals surface area contributed by atoms with Gasteiger partial charge < -0.3 is 16.0 Å². The number of amides is 2. The number of nitrogens with zero attached hydrogens (tertiary/aromatic N) is 2. The van der Waals surface area contributed by atoms with Crippen LogP contribution in [-0.2, 0) is 4.79 Å². The highest BCUT2D eigenvalue weighted by molar-refractivity contribution is 6.03. The summed E-state index contributed by atoms with van der Waals surface area (Å²) in [4.78, 5) is 23.1. The Hall–Kier alpha value is -3.74. The van der Waals surface area contributed by atoms with Crippen molar-refractivity contribution in [3.8, 4) is 0 Å². The Balaban J connectivity index is 1.61. The number of aromatic nitrogens is 2. The van der Waals surface area contributed by atoms with E-state index >= 15 is 0 Å². The number of carbonyl (C=O) groups is 2. The molecule has 3 N–H and O–H groups in total. The summed E-state index contributed by atoms with van der Waals surface area (Å²) in [5.74, 6) is 0.541. The SMILES string of the molecule is CC(=O)Nc1ccc(Nc2ccc(NC(=O)c3ccccc3)nn2)cc1. The lowest BCUT2D eigenvalue weighted by atomic mass is 10.2. The molecule has 3 rings (SSSR count). The first-order valence-corrected chi connectivity index (χ1v) is 7.95. The summed E-state index contributed by atoms with van der Waals surface area (Å²) in [7, 11) is 0. The van der Waals surface area contributed by atoms with Gasteiger partial charge >= 0.3 is 0 Å². The second kappa shape index (κ2) is 7.89. The molecule has 7 heteroatoms.